The van der Waals surface area contributed by atoms with Gasteiger partial charge in [0.05, 0.1) is 0 Å². The first-order chi connectivity index (χ1) is 3.62. The molecule has 2 heteroatoms. The lowest BCUT2D eigenvalue weighted by Crippen LogP contribution is -2.23. The minimum Gasteiger partial charge on any atom is -0.330 e. The normalized spacial score (nSPS) is 12.0. The van der Waals surface area contributed by atoms with E-state index in [4.69, 9.17) is 17.3 Å². The molecule has 2 N–H and O–H groups in total. The summed E-state index contributed by atoms with van der Waals surface area (Å²) in [5.41, 5.74) is 5.67. The van der Waals surface area contributed by atoms with E-state index in [0.717, 1.165) is 13.0 Å². The Morgan fingerprint density at radius 3 is 2.12 bits per heavy atom. The van der Waals surface area contributed by atoms with Crippen molar-refractivity contribution in [2.24, 2.45) is 11.1 Å². The summed E-state index contributed by atoms with van der Waals surface area (Å²) in [4.78, 5) is 0. The lowest BCUT2D eigenvalue weighted by atomic mass is 9.91. The molecule has 8 heavy (non-hydrogen) atoms. The number of rotatable bonds is 3. The monoisotopic (exact) mass is 135 g/mol. The van der Waals surface area contributed by atoms with E-state index < -0.39 is 0 Å². The van der Waals surface area contributed by atoms with Crippen LogP contribution in [-0.4, -0.2) is 12.4 Å². The molecular formula is C6H14ClN. The molecule has 0 spiro atoms. The highest BCUT2D eigenvalue weighted by molar-refractivity contribution is 6.17. The SMILES string of the molecule is CC(C)(CN)CCCl. The predicted molar refractivity (Wildman–Crippen MR) is 38.2 cm³/mol. The predicted octanol–water partition coefficient (Wildman–Crippen LogP) is 1.60. The van der Waals surface area contributed by atoms with Crippen LogP contribution in [-0.2, 0) is 0 Å². The van der Waals surface area contributed by atoms with Crippen molar-refractivity contribution in [3.05, 3.63) is 0 Å². The molecule has 0 heterocycles. The third kappa shape index (κ3) is 3.28. The summed E-state index contributed by atoms with van der Waals surface area (Å²) in [7, 11) is 0. The van der Waals surface area contributed by atoms with Gasteiger partial charge in [0, 0.05) is 5.88 Å². The molecule has 50 valence electrons. The van der Waals surface area contributed by atoms with Gasteiger partial charge in [0.25, 0.3) is 0 Å². The minimum absolute atomic E-state index is 0.238. The highest BCUT2D eigenvalue weighted by Gasteiger charge is 2.13. The molecule has 1 nitrogen and oxygen atoms in total. The van der Waals surface area contributed by atoms with E-state index in [-0.39, 0.29) is 5.41 Å². The van der Waals surface area contributed by atoms with Crippen LogP contribution in [0.2, 0.25) is 0 Å². The smallest absolute Gasteiger partial charge is 0.0229 e. The molecule has 0 fully saturated rings. The Bertz CT molecular complexity index is 61.5. The Balaban J connectivity index is 3.37. The molecule has 0 aliphatic carbocycles. The van der Waals surface area contributed by atoms with Crippen molar-refractivity contribution in [3.63, 3.8) is 0 Å². The molecule has 0 bridgehead atoms. The van der Waals surface area contributed by atoms with Gasteiger partial charge in [-0.15, -0.1) is 11.6 Å². The largest absolute Gasteiger partial charge is 0.330 e. The quantitative estimate of drug-likeness (QED) is 0.585. The molecule has 0 aliphatic rings. The third-order valence-electron chi connectivity index (χ3n) is 1.32. The first-order valence-corrected chi connectivity index (χ1v) is 3.42. The van der Waals surface area contributed by atoms with Gasteiger partial charge in [0.2, 0.25) is 0 Å². The highest BCUT2D eigenvalue weighted by Crippen LogP contribution is 2.17. The topological polar surface area (TPSA) is 26.0 Å². The maximum atomic E-state index is 5.51. The molecule has 0 aromatic rings. The van der Waals surface area contributed by atoms with Gasteiger partial charge in [0.15, 0.2) is 0 Å². The van der Waals surface area contributed by atoms with Crippen molar-refractivity contribution in [2.75, 3.05) is 12.4 Å². The molecule has 0 amide bonds. The fourth-order valence-electron chi connectivity index (χ4n) is 0.358. The zero-order chi connectivity index (χ0) is 6.62. The number of hydrogen-bond donors (Lipinski definition) is 1. The van der Waals surface area contributed by atoms with E-state index in [1.165, 1.54) is 0 Å². The second-order valence-electron chi connectivity index (χ2n) is 2.81. The van der Waals surface area contributed by atoms with Crippen LogP contribution in [0.4, 0.5) is 0 Å². The van der Waals surface area contributed by atoms with Gasteiger partial charge in [-0.25, -0.2) is 0 Å². The number of alkyl halides is 1. The van der Waals surface area contributed by atoms with E-state index in [1.807, 2.05) is 0 Å². The Hall–Kier alpha value is 0.250. The van der Waals surface area contributed by atoms with Crippen LogP contribution in [0.15, 0.2) is 0 Å². The molecule has 0 atom stereocenters. The second-order valence-corrected chi connectivity index (χ2v) is 3.19. The maximum absolute atomic E-state index is 5.51. The van der Waals surface area contributed by atoms with Crippen LogP contribution in [0, 0.1) is 5.41 Å². The van der Waals surface area contributed by atoms with Crippen molar-refractivity contribution in [2.45, 2.75) is 20.3 Å². The highest BCUT2D eigenvalue weighted by atomic mass is 35.5. The van der Waals surface area contributed by atoms with Gasteiger partial charge in [-0.2, -0.15) is 0 Å². The van der Waals surface area contributed by atoms with Gasteiger partial charge in [-0.1, -0.05) is 13.8 Å². The molecule has 0 aromatic heterocycles. The van der Waals surface area contributed by atoms with Crippen molar-refractivity contribution < 1.29 is 0 Å². The average Bonchev–Trinajstić information content (AvgIpc) is 1.67. The maximum Gasteiger partial charge on any atom is 0.0229 e. The minimum atomic E-state index is 0.238. The van der Waals surface area contributed by atoms with E-state index in [9.17, 15) is 0 Å². The summed E-state index contributed by atoms with van der Waals surface area (Å²) >= 11 is 5.51. The average molecular weight is 136 g/mol. The van der Waals surface area contributed by atoms with E-state index in [2.05, 4.69) is 13.8 Å². The summed E-state index contributed by atoms with van der Waals surface area (Å²) in [5, 5.41) is 0. The van der Waals surface area contributed by atoms with Gasteiger partial charge >= 0.3 is 0 Å². The first-order valence-electron chi connectivity index (χ1n) is 2.88. The number of halogens is 1. The fourth-order valence-corrected chi connectivity index (χ4v) is 0.869. The molecule has 0 aliphatic heterocycles. The Kier molecular flexibility index (Phi) is 3.41. The molecule has 0 saturated heterocycles. The van der Waals surface area contributed by atoms with E-state index in [0.29, 0.717) is 5.88 Å². The van der Waals surface area contributed by atoms with Crippen LogP contribution in [0.1, 0.15) is 20.3 Å². The van der Waals surface area contributed by atoms with Crippen molar-refractivity contribution in [1.82, 2.24) is 0 Å². The Labute approximate surface area is 56.2 Å². The molecular weight excluding hydrogens is 122 g/mol. The Morgan fingerprint density at radius 1 is 1.50 bits per heavy atom. The molecule has 0 unspecified atom stereocenters. The first kappa shape index (κ1) is 8.25. The molecule has 0 aromatic carbocycles. The van der Waals surface area contributed by atoms with Gasteiger partial charge in [-0.05, 0) is 18.4 Å². The zero-order valence-electron chi connectivity index (χ0n) is 5.58. The van der Waals surface area contributed by atoms with Crippen LogP contribution >= 0.6 is 11.6 Å². The second kappa shape index (κ2) is 3.31. The van der Waals surface area contributed by atoms with Crippen LogP contribution in [0.5, 0.6) is 0 Å². The van der Waals surface area contributed by atoms with Crippen molar-refractivity contribution in [1.29, 1.82) is 0 Å². The number of nitrogens with two attached hydrogens (primary N) is 1. The van der Waals surface area contributed by atoms with E-state index in [1.54, 1.807) is 0 Å². The van der Waals surface area contributed by atoms with Gasteiger partial charge in [0.1, 0.15) is 0 Å². The van der Waals surface area contributed by atoms with E-state index >= 15 is 0 Å². The molecule has 0 saturated carbocycles. The summed E-state index contributed by atoms with van der Waals surface area (Å²) < 4.78 is 0. The van der Waals surface area contributed by atoms with Gasteiger partial charge < -0.3 is 5.73 Å². The molecule has 0 rings (SSSR count). The summed E-state index contributed by atoms with van der Waals surface area (Å²) in [5.74, 6) is 0.713. The Morgan fingerprint density at radius 2 is 2.00 bits per heavy atom. The summed E-state index contributed by atoms with van der Waals surface area (Å²) in [6.45, 7) is 4.96. The van der Waals surface area contributed by atoms with Crippen LogP contribution in [0.25, 0.3) is 0 Å². The van der Waals surface area contributed by atoms with Crippen molar-refractivity contribution in [3.8, 4) is 0 Å². The standard InChI is InChI=1S/C6H14ClN/c1-6(2,5-8)3-4-7/h3-5,8H2,1-2H3. The van der Waals surface area contributed by atoms with Gasteiger partial charge in [-0.3, -0.25) is 0 Å². The molecule has 0 radical (unpaired) electrons. The summed E-state index contributed by atoms with van der Waals surface area (Å²) in [6.07, 6.45) is 1.01. The zero-order valence-corrected chi connectivity index (χ0v) is 6.33. The lowest BCUT2D eigenvalue weighted by Gasteiger charge is -2.19. The lowest BCUT2D eigenvalue weighted by molar-refractivity contribution is 0.367. The van der Waals surface area contributed by atoms with Crippen molar-refractivity contribution >= 4 is 11.6 Å². The number of hydrogen-bond acceptors (Lipinski definition) is 1. The fraction of sp³-hybridized carbons (Fsp3) is 1.00. The van der Waals surface area contributed by atoms with Crippen LogP contribution in [0.3, 0.4) is 0 Å². The third-order valence-corrected chi connectivity index (χ3v) is 1.51. The van der Waals surface area contributed by atoms with Crippen LogP contribution < -0.4 is 5.73 Å². The summed E-state index contributed by atoms with van der Waals surface area (Å²) in [6, 6.07) is 0.